The van der Waals surface area contributed by atoms with E-state index < -0.39 is 5.91 Å². The van der Waals surface area contributed by atoms with Gasteiger partial charge in [0.2, 0.25) is 11.8 Å². The van der Waals surface area contributed by atoms with Gasteiger partial charge in [0.15, 0.2) is 5.13 Å². The van der Waals surface area contributed by atoms with E-state index in [0.717, 1.165) is 25.1 Å². The van der Waals surface area contributed by atoms with Gasteiger partial charge in [0.05, 0.1) is 12.1 Å². The standard InChI is InChI=1S/C16H18N4O2S/c17-14(21)9-11-10-23-16(18-11)19-15(22)13-7-4-8-20(13)12-5-2-1-3-6-12/h1-3,5-6,10,13H,4,7-9H2,(H2,17,21)(H,18,19,22). The summed E-state index contributed by atoms with van der Waals surface area (Å²) in [4.78, 5) is 29.8. The van der Waals surface area contributed by atoms with Crippen LogP contribution in [0.3, 0.4) is 0 Å². The highest BCUT2D eigenvalue weighted by molar-refractivity contribution is 7.13. The van der Waals surface area contributed by atoms with Crippen LogP contribution in [0, 0.1) is 0 Å². The number of para-hydroxylation sites is 1. The summed E-state index contributed by atoms with van der Waals surface area (Å²) >= 11 is 1.31. The highest BCUT2D eigenvalue weighted by Gasteiger charge is 2.31. The van der Waals surface area contributed by atoms with Gasteiger partial charge in [-0.15, -0.1) is 11.3 Å². The van der Waals surface area contributed by atoms with Gasteiger partial charge in [-0.1, -0.05) is 18.2 Å². The molecule has 1 aromatic carbocycles. The second kappa shape index (κ2) is 6.78. The van der Waals surface area contributed by atoms with Crippen molar-refractivity contribution in [3.63, 3.8) is 0 Å². The van der Waals surface area contributed by atoms with E-state index in [4.69, 9.17) is 5.73 Å². The number of thiazole rings is 1. The molecule has 1 saturated heterocycles. The number of carbonyl (C=O) groups excluding carboxylic acids is 2. The monoisotopic (exact) mass is 330 g/mol. The molecule has 1 atom stereocenters. The number of rotatable bonds is 5. The molecule has 7 heteroatoms. The average Bonchev–Trinajstić information content (AvgIpc) is 3.17. The Morgan fingerprint density at radius 3 is 2.87 bits per heavy atom. The number of benzene rings is 1. The Morgan fingerprint density at radius 2 is 2.13 bits per heavy atom. The molecule has 6 nitrogen and oxygen atoms in total. The van der Waals surface area contributed by atoms with Gasteiger partial charge in [0.25, 0.3) is 0 Å². The van der Waals surface area contributed by atoms with E-state index in [1.165, 1.54) is 11.3 Å². The molecule has 1 fully saturated rings. The van der Waals surface area contributed by atoms with Crippen molar-refractivity contribution in [1.29, 1.82) is 0 Å². The van der Waals surface area contributed by atoms with Crippen LogP contribution in [0.25, 0.3) is 0 Å². The number of anilines is 2. The van der Waals surface area contributed by atoms with Gasteiger partial charge < -0.3 is 16.0 Å². The maximum Gasteiger partial charge on any atom is 0.248 e. The fourth-order valence-electron chi connectivity index (χ4n) is 2.78. The van der Waals surface area contributed by atoms with Crippen molar-refractivity contribution in [1.82, 2.24) is 4.98 Å². The zero-order chi connectivity index (χ0) is 16.2. The molecule has 0 bridgehead atoms. The fraction of sp³-hybridized carbons (Fsp3) is 0.312. The van der Waals surface area contributed by atoms with E-state index in [9.17, 15) is 9.59 Å². The summed E-state index contributed by atoms with van der Waals surface area (Å²) in [6.45, 7) is 0.868. The number of aromatic nitrogens is 1. The van der Waals surface area contributed by atoms with Crippen LogP contribution in [0.4, 0.5) is 10.8 Å². The predicted molar refractivity (Wildman–Crippen MR) is 90.5 cm³/mol. The Hall–Kier alpha value is -2.41. The first-order chi connectivity index (χ1) is 11.1. The van der Waals surface area contributed by atoms with Gasteiger partial charge >= 0.3 is 0 Å². The SMILES string of the molecule is NC(=O)Cc1csc(NC(=O)C2CCCN2c2ccccc2)n1. The summed E-state index contributed by atoms with van der Waals surface area (Å²) in [5.74, 6) is -0.495. The molecule has 1 unspecified atom stereocenters. The maximum atomic E-state index is 12.6. The Morgan fingerprint density at radius 1 is 1.35 bits per heavy atom. The van der Waals surface area contributed by atoms with E-state index in [-0.39, 0.29) is 18.4 Å². The van der Waals surface area contributed by atoms with E-state index in [1.54, 1.807) is 5.38 Å². The first-order valence-corrected chi connectivity index (χ1v) is 8.37. The molecule has 3 N–H and O–H groups in total. The molecule has 0 spiro atoms. The molecular weight excluding hydrogens is 312 g/mol. The van der Waals surface area contributed by atoms with Crippen molar-refractivity contribution >= 4 is 34.0 Å². The smallest absolute Gasteiger partial charge is 0.248 e. The highest BCUT2D eigenvalue weighted by atomic mass is 32.1. The number of hydrogen-bond donors (Lipinski definition) is 2. The van der Waals surface area contributed by atoms with Crippen molar-refractivity contribution in [3.8, 4) is 0 Å². The Kier molecular flexibility index (Phi) is 4.57. The van der Waals surface area contributed by atoms with Gasteiger partial charge in [0.1, 0.15) is 6.04 Å². The van der Waals surface area contributed by atoms with E-state index >= 15 is 0 Å². The van der Waals surface area contributed by atoms with Crippen LogP contribution in [0.1, 0.15) is 18.5 Å². The van der Waals surface area contributed by atoms with E-state index in [1.807, 2.05) is 30.3 Å². The zero-order valence-corrected chi connectivity index (χ0v) is 13.4. The lowest BCUT2D eigenvalue weighted by Gasteiger charge is -2.25. The lowest BCUT2D eigenvalue weighted by atomic mass is 10.2. The molecule has 120 valence electrons. The summed E-state index contributed by atoms with van der Waals surface area (Å²) in [7, 11) is 0. The molecule has 0 saturated carbocycles. The van der Waals surface area contributed by atoms with Gasteiger partial charge in [-0.2, -0.15) is 0 Å². The van der Waals surface area contributed by atoms with E-state index in [2.05, 4.69) is 15.2 Å². The van der Waals surface area contributed by atoms with Gasteiger partial charge in [-0.05, 0) is 25.0 Å². The number of nitrogens with one attached hydrogen (secondary N) is 1. The molecule has 2 heterocycles. The van der Waals surface area contributed by atoms with Crippen LogP contribution >= 0.6 is 11.3 Å². The number of nitrogens with zero attached hydrogens (tertiary/aromatic N) is 2. The van der Waals surface area contributed by atoms with E-state index in [0.29, 0.717) is 10.8 Å². The molecule has 23 heavy (non-hydrogen) atoms. The average molecular weight is 330 g/mol. The largest absolute Gasteiger partial charge is 0.369 e. The van der Waals surface area contributed by atoms with Crippen molar-refractivity contribution in [2.75, 3.05) is 16.8 Å². The lowest BCUT2D eigenvalue weighted by molar-refractivity contribution is -0.118. The van der Waals surface area contributed by atoms with Crippen LogP contribution in [-0.2, 0) is 16.0 Å². The van der Waals surface area contributed by atoms with Crippen molar-refractivity contribution in [3.05, 3.63) is 41.4 Å². The molecule has 1 aliphatic heterocycles. The van der Waals surface area contributed by atoms with Gasteiger partial charge in [-0.3, -0.25) is 9.59 Å². The normalized spacial score (nSPS) is 17.2. The minimum absolute atomic E-state index is 0.0636. The maximum absolute atomic E-state index is 12.6. The van der Waals surface area contributed by atoms with Crippen LogP contribution in [0.15, 0.2) is 35.7 Å². The van der Waals surface area contributed by atoms with Gasteiger partial charge in [-0.25, -0.2) is 4.98 Å². The molecule has 2 aromatic rings. The third kappa shape index (κ3) is 3.68. The Bertz CT molecular complexity index is 701. The van der Waals surface area contributed by atoms with Crippen LogP contribution in [0.2, 0.25) is 0 Å². The van der Waals surface area contributed by atoms with Crippen molar-refractivity contribution < 1.29 is 9.59 Å². The third-order valence-corrected chi connectivity index (χ3v) is 4.59. The molecule has 0 radical (unpaired) electrons. The lowest BCUT2D eigenvalue weighted by Crippen LogP contribution is -2.39. The first kappa shape index (κ1) is 15.5. The predicted octanol–water partition coefficient (Wildman–Crippen LogP) is 1.78. The summed E-state index contributed by atoms with van der Waals surface area (Å²) in [6, 6.07) is 9.74. The molecule has 0 aliphatic carbocycles. The molecule has 2 amide bonds. The summed E-state index contributed by atoms with van der Waals surface area (Å²) in [5.41, 5.74) is 6.79. The first-order valence-electron chi connectivity index (χ1n) is 7.49. The minimum atomic E-state index is -0.431. The van der Waals surface area contributed by atoms with Crippen LogP contribution < -0.4 is 16.0 Å². The van der Waals surface area contributed by atoms with Crippen LogP contribution in [0.5, 0.6) is 0 Å². The number of hydrogen-bond acceptors (Lipinski definition) is 5. The molecule has 3 rings (SSSR count). The third-order valence-electron chi connectivity index (χ3n) is 3.78. The number of amides is 2. The number of primary amides is 1. The molecular formula is C16H18N4O2S. The second-order valence-corrected chi connectivity index (χ2v) is 6.32. The van der Waals surface area contributed by atoms with Crippen molar-refractivity contribution in [2.24, 2.45) is 5.73 Å². The summed E-state index contributed by atoms with van der Waals surface area (Å²) in [5, 5.41) is 5.10. The molecule has 1 aliphatic rings. The fourth-order valence-corrected chi connectivity index (χ4v) is 3.49. The van der Waals surface area contributed by atoms with Crippen LogP contribution in [-0.4, -0.2) is 29.4 Å². The minimum Gasteiger partial charge on any atom is -0.369 e. The summed E-state index contributed by atoms with van der Waals surface area (Å²) < 4.78 is 0. The molecule has 1 aromatic heterocycles. The summed E-state index contributed by atoms with van der Waals surface area (Å²) in [6.07, 6.45) is 1.89. The number of carbonyl (C=O) groups is 2. The topological polar surface area (TPSA) is 88.3 Å². The highest BCUT2D eigenvalue weighted by Crippen LogP contribution is 2.26. The zero-order valence-electron chi connectivity index (χ0n) is 12.6. The second-order valence-electron chi connectivity index (χ2n) is 5.46. The Balaban J connectivity index is 1.67. The Labute approximate surface area is 138 Å². The quantitative estimate of drug-likeness (QED) is 0.874. The van der Waals surface area contributed by atoms with Gasteiger partial charge in [0, 0.05) is 17.6 Å². The van der Waals surface area contributed by atoms with Crippen molar-refractivity contribution in [2.45, 2.75) is 25.3 Å². The number of nitrogens with two attached hydrogens (primary N) is 1.